The molecule has 0 aliphatic rings. The number of ketones is 1. The summed E-state index contributed by atoms with van der Waals surface area (Å²) in [7, 11) is 0. The van der Waals surface area contributed by atoms with E-state index in [1.54, 1.807) is 0 Å². The third-order valence-electron chi connectivity index (χ3n) is 6.94. The molecule has 0 amide bonds. The van der Waals surface area contributed by atoms with Crippen LogP contribution in [0.2, 0.25) is 0 Å². The van der Waals surface area contributed by atoms with E-state index < -0.39 is 0 Å². The van der Waals surface area contributed by atoms with E-state index in [4.69, 9.17) is 0 Å². The summed E-state index contributed by atoms with van der Waals surface area (Å²) in [6, 6.07) is 0. The molecule has 0 aliphatic heterocycles. The summed E-state index contributed by atoms with van der Waals surface area (Å²) in [6.45, 7) is 4.44. The molecule has 0 bridgehead atoms. The second kappa shape index (κ2) is 26.9. The zero-order valence-corrected chi connectivity index (χ0v) is 22.3. The van der Waals surface area contributed by atoms with Crippen molar-refractivity contribution in [2.45, 2.75) is 187 Å². The van der Waals surface area contributed by atoms with Crippen molar-refractivity contribution in [3.63, 3.8) is 0 Å². The second-order valence-corrected chi connectivity index (χ2v) is 10.3. The first-order valence-electron chi connectivity index (χ1n) is 14.9. The van der Waals surface area contributed by atoms with E-state index in [2.05, 4.69) is 13.8 Å². The van der Waals surface area contributed by atoms with Crippen molar-refractivity contribution in [1.29, 1.82) is 0 Å². The van der Waals surface area contributed by atoms with Crippen LogP contribution in [0, 0.1) is 0 Å². The molecule has 0 aliphatic carbocycles. The van der Waals surface area contributed by atoms with Gasteiger partial charge in [-0.2, -0.15) is 0 Å². The third-order valence-corrected chi connectivity index (χ3v) is 6.94. The van der Waals surface area contributed by atoms with Crippen LogP contribution in [0.5, 0.6) is 0 Å². The van der Waals surface area contributed by atoms with Crippen LogP contribution >= 0.6 is 0 Å². The molecule has 0 rings (SSSR count). The minimum Gasteiger partial charge on any atom is -0.393 e. The topological polar surface area (TPSA) is 37.3 Å². The molecule has 1 atom stereocenters. The predicted molar refractivity (Wildman–Crippen MR) is 142 cm³/mol. The normalized spacial score (nSPS) is 12.3. The molecule has 2 heteroatoms. The summed E-state index contributed by atoms with van der Waals surface area (Å²) in [5, 5.41) is 9.83. The smallest absolute Gasteiger partial charge is 0.132 e. The van der Waals surface area contributed by atoms with Crippen molar-refractivity contribution in [2.75, 3.05) is 0 Å². The first kappa shape index (κ1) is 31.6. The average molecular weight is 453 g/mol. The third kappa shape index (κ3) is 25.9. The summed E-state index contributed by atoms with van der Waals surface area (Å²) < 4.78 is 0. The fourth-order valence-electron chi connectivity index (χ4n) is 4.64. The molecule has 0 saturated heterocycles. The van der Waals surface area contributed by atoms with Crippen LogP contribution < -0.4 is 0 Å². The van der Waals surface area contributed by atoms with Crippen molar-refractivity contribution in [3.05, 3.63) is 0 Å². The van der Waals surface area contributed by atoms with E-state index in [0.717, 1.165) is 44.9 Å². The Bertz CT molecular complexity index is 366. The van der Waals surface area contributed by atoms with Crippen LogP contribution in [-0.2, 0) is 4.79 Å². The van der Waals surface area contributed by atoms with Gasteiger partial charge in [-0.15, -0.1) is 0 Å². The quantitative estimate of drug-likeness (QED) is 0.126. The van der Waals surface area contributed by atoms with Crippen LogP contribution in [0.15, 0.2) is 0 Å². The van der Waals surface area contributed by atoms with Gasteiger partial charge in [0.15, 0.2) is 0 Å². The minimum atomic E-state index is -0.197. The van der Waals surface area contributed by atoms with E-state index in [1.807, 2.05) is 0 Å². The first-order chi connectivity index (χ1) is 15.7. The van der Waals surface area contributed by atoms with Gasteiger partial charge < -0.3 is 5.11 Å². The van der Waals surface area contributed by atoms with Crippen LogP contribution in [0.25, 0.3) is 0 Å². The molecular weight excluding hydrogens is 392 g/mol. The number of hydrogen-bond acceptors (Lipinski definition) is 2. The maximum Gasteiger partial charge on any atom is 0.132 e. The highest BCUT2D eigenvalue weighted by Crippen LogP contribution is 2.15. The van der Waals surface area contributed by atoms with Crippen molar-refractivity contribution in [3.8, 4) is 0 Å². The number of carbonyl (C=O) groups excluding carboxylic acids is 1. The summed E-state index contributed by atoms with van der Waals surface area (Å²) >= 11 is 0. The highest BCUT2D eigenvalue weighted by molar-refractivity contribution is 5.78. The lowest BCUT2D eigenvalue weighted by atomic mass is 10.0. The zero-order chi connectivity index (χ0) is 23.5. The molecule has 0 saturated carbocycles. The van der Waals surface area contributed by atoms with E-state index in [-0.39, 0.29) is 6.10 Å². The SMILES string of the molecule is CCCCCCCCCCCCCCCCCCCCCC(=O)CCC[C@H](O)CCCC. The van der Waals surface area contributed by atoms with Crippen LogP contribution in [0.1, 0.15) is 181 Å². The van der Waals surface area contributed by atoms with Crippen molar-refractivity contribution < 1.29 is 9.90 Å². The van der Waals surface area contributed by atoms with Gasteiger partial charge in [0, 0.05) is 12.8 Å². The Morgan fingerprint density at radius 1 is 0.469 bits per heavy atom. The standard InChI is InChI=1S/C30H60O2/c1-3-5-7-8-9-10-11-12-13-14-15-16-17-18-19-20-21-22-23-26-30(32)28-24-27-29(31)25-6-4-2/h29,31H,3-28H2,1-2H3/t29-/m1/s1. The maximum atomic E-state index is 11.9. The van der Waals surface area contributed by atoms with Crippen LogP contribution in [-0.4, -0.2) is 17.0 Å². The number of unbranched alkanes of at least 4 members (excludes halogenated alkanes) is 19. The summed E-state index contributed by atoms with van der Waals surface area (Å²) in [5.41, 5.74) is 0. The Morgan fingerprint density at radius 3 is 1.19 bits per heavy atom. The number of aliphatic hydroxyl groups excluding tert-OH is 1. The summed E-state index contributed by atoms with van der Waals surface area (Å²) in [6.07, 6.45) is 32.4. The number of rotatable bonds is 27. The first-order valence-corrected chi connectivity index (χ1v) is 14.9. The molecule has 32 heavy (non-hydrogen) atoms. The van der Waals surface area contributed by atoms with Crippen LogP contribution in [0.3, 0.4) is 0 Å². The molecule has 0 unspecified atom stereocenters. The summed E-state index contributed by atoms with van der Waals surface area (Å²) in [5.74, 6) is 0.402. The molecule has 0 radical (unpaired) electrons. The largest absolute Gasteiger partial charge is 0.393 e. The Labute approximate surface area is 202 Å². The van der Waals surface area contributed by atoms with E-state index >= 15 is 0 Å². The summed E-state index contributed by atoms with van der Waals surface area (Å²) in [4.78, 5) is 11.9. The van der Waals surface area contributed by atoms with E-state index in [0.29, 0.717) is 12.2 Å². The van der Waals surface area contributed by atoms with E-state index in [9.17, 15) is 9.90 Å². The Morgan fingerprint density at radius 2 is 0.781 bits per heavy atom. The molecule has 0 fully saturated rings. The van der Waals surface area contributed by atoms with E-state index in [1.165, 1.54) is 116 Å². The number of Topliss-reactive ketones (excluding diaryl/α,β-unsaturated/α-hetero) is 1. The van der Waals surface area contributed by atoms with Gasteiger partial charge in [-0.1, -0.05) is 142 Å². The van der Waals surface area contributed by atoms with Gasteiger partial charge in [-0.05, 0) is 25.7 Å². The fourth-order valence-corrected chi connectivity index (χ4v) is 4.64. The molecule has 0 aromatic heterocycles. The lowest BCUT2D eigenvalue weighted by Gasteiger charge is -2.09. The van der Waals surface area contributed by atoms with Crippen molar-refractivity contribution in [1.82, 2.24) is 0 Å². The molecule has 0 heterocycles. The Balaban J connectivity index is 3.16. The van der Waals surface area contributed by atoms with Crippen LogP contribution in [0.4, 0.5) is 0 Å². The molecule has 1 N–H and O–H groups in total. The Kier molecular flexibility index (Phi) is 26.6. The second-order valence-electron chi connectivity index (χ2n) is 10.3. The minimum absolute atomic E-state index is 0.197. The van der Waals surface area contributed by atoms with Crippen molar-refractivity contribution >= 4 is 5.78 Å². The van der Waals surface area contributed by atoms with Gasteiger partial charge in [-0.3, -0.25) is 4.79 Å². The number of carbonyl (C=O) groups is 1. The highest BCUT2D eigenvalue weighted by Gasteiger charge is 2.06. The number of hydrogen-bond donors (Lipinski definition) is 1. The fraction of sp³-hybridized carbons (Fsp3) is 0.967. The maximum absolute atomic E-state index is 11.9. The molecule has 0 spiro atoms. The number of aliphatic hydroxyl groups is 1. The molecular formula is C30H60O2. The molecule has 2 nitrogen and oxygen atoms in total. The lowest BCUT2D eigenvalue weighted by molar-refractivity contribution is -0.119. The highest BCUT2D eigenvalue weighted by atomic mass is 16.3. The lowest BCUT2D eigenvalue weighted by Crippen LogP contribution is -2.07. The predicted octanol–water partition coefficient (Wildman–Crippen LogP) is 10.1. The van der Waals surface area contributed by atoms with Crippen molar-refractivity contribution in [2.24, 2.45) is 0 Å². The van der Waals surface area contributed by atoms with Gasteiger partial charge in [0.2, 0.25) is 0 Å². The van der Waals surface area contributed by atoms with Gasteiger partial charge in [0.25, 0.3) is 0 Å². The molecule has 192 valence electrons. The molecule has 0 aromatic rings. The Hall–Kier alpha value is -0.370. The zero-order valence-electron chi connectivity index (χ0n) is 22.3. The molecule has 0 aromatic carbocycles. The van der Waals surface area contributed by atoms with Gasteiger partial charge >= 0.3 is 0 Å². The van der Waals surface area contributed by atoms with Gasteiger partial charge in [0.1, 0.15) is 5.78 Å². The monoisotopic (exact) mass is 452 g/mol. The van der Waals surface area contributed by atoms with Gasteiger partial charge in [0.05, 0.1) is 6.10 Å². The average Bonchev–Trinajstić information content (AvgIpc) is 2.79. The van der Waals surface area contributed by atoms with Gasteiger partial charge in [-0.25, -0.2) is 0 Å².